The van der Waals surface area contributed by atoms with Gasteiger partial charge in [-0.3, -0.25) is 9.69 Å². The third-order valence-electron chi connectivity index (χ3n) is 4.43. The summed E-state index contributed by atoms with van der Waals surface area (Å²) in [6, 6.07) is 0. The fourth-order valence-electron chi connectivity index (χ4n) is 2.89. The number of likely N-dealkylation sites (tertiary alicyclic amines) is 1. The molecule has 104 valence electrons. The summed E-state index contributed by atoms with van der Waals surface area (Å²) in [5.41, 5.74) is 0. The summed E-state index contributed by atoms with van der Waals surface area (Å²) in [4.78, 5) is 19.1. The Kier molecular flexibility index (Phi) is 5.15. The normalized spacial score (nSPS) is 28.8. The van der Waals surface area contributed by atoms with Gasteiger partial charge in [0.1, 0.15) is 5.78 Å². The zero-order valence-electron chi connectivity index (χ0n) is 11.9. The molecule has 0 aromatic carbocycles. The second-order valence-electron chi connectivity index (χ2n) is 5.77. The molecule has 0 spiro atoms. The molecule has 0 aromatic rings. The first kappa shape index (κ1) is 14.0. The number of rotatable bonds is 4. The lowest BCUT2D eigenvalue weighted by Crippen LogP contribution is -2.48. The van der Waals surface area contributed by atoms with E-state index in [4.69, 9.17) is 0 Å². The summed E-state index contributed by atoms with van der Waals surface area (Å²) >= 11 is 0. The van der Waals surface area contributed by atoms with E-state index in [9.17, 15) is 4.79 Å². The van der Waals surface area contributed by atoms with Crippen molar-refractivity contribution >= 4 is 5.78 Å². The standard InChI is InChI=1S/C14H27N3O/c1-3-13-12-17(5-4-14(13)18)11-10-16-8-6-15(2)7-9-16/h13H,3-12H2,1-2H3. The minimum atomic E-state index is 0.297. The van der Waals surface area contributed by atoms with Gasteiger partial charge in [0.15, 0.2) is 0 Å². The number of Topliss-reactive ketones (excluding diaryl/α,β-unsaturated/α-hetero) is 1. The van der Waals surface area contributed by atoms with E-state index in [0.717, 1.165) is 32.5 Å². The van der Waals surface area contributed by atoms with Crippen molar-refractivity contribution in [2.45, 2.75) is 19.8 Å². The number of ketones is 1. The third-order valence-corrected chi connectivity index (χ3v) is 4.43. The first-order valence-corrected chi connectivity index (χ1v) is 7.35. The van der Waals surface area contributed by atoms with Crippen molar-refractivity contribution < 1.29 is 4.79 Å². The van der Waals surface area contributed by atoms with E-state index in [1.807, 2.05) is 0 Å². The van der Waals surface area contributed by atoms with Crippen molar-refractivity contribution in [1.82, 2.24) is 14.7 Å². The highest BCUT2D eigenvalue weighted by molar-refractivity contribution is 5.82. The van der Waals surface area contributed by atoms with E-state index in [1.54, 1.807) is 0 Å². The molecule has 2 rings (SSSR count). The predicted molar refractivity (Wildman–Crippen MR) is 73.8 cm³/mol. The van der Waals surface area contributed by atoms with Crippen LogP contribution in [-0.2, 0) is 4.79 Å². The van der Waals surface area contributed by atoms with E-state index in [-0.39, 0.29) is 0 Å². The zero-order chi connectivity index (χ0) is 13.0. The second kappa shape index (κ2) is 6.64. The Morgan fingerprint density at radius 2 is 1.72 bits per heavy atom. The molecule has 0 aliphatic carbocycles. The van der Waals surface area contributed by atoms with Gasteiger partial charge in [-0.05, 0) is 13.5 Å². The highest BCUT2D eigenvalue weighted by Gasteiger charge is 2.25. The van der Waals surface area contributed by atoms with Gasteiger partial charge in [0, 0.05) is 64.7 Å². The molecule has 0 N–H and O–H groups in total. The highest BCUT2D eigenvalue weighted by atomic mass is 16.1. The van der Waals surface area contributed by atoms with Gasteiger partial charge >= 0.3 is 0 Å². The molecule has 0 amide bonds. The zero-order valence-corrected chi connectivity index (χ0v) is 11.9. The summed E-state index contributed by atoms with van der Waals surface area (Å²) in [6.07, 6.45) is 1.77. The average Bonchev–Trinajstić information content (AvgIpc) is 2.39. The number of hydrogen-bond donors (Lipinski definition) is 0. The van der Waals surface area contributed by atoms with Gasteiger partial charge in [-0.2, -0.15) is 0 Å². The monoisotopic (exact) mass is 253 g/mol. The summed E-state index contributed by atoms with van der Waals surface area (Å²) in [5, 5.41) is 0. The molecule has 0 aromatic heterocycles. The van der Waals surface area contributed by atoms with E-state index >= 15 is 0 Å². The van der Waals surface area contributed by atoms with Gasteiger partial charge in [0.2, 0.25) is 0 Å². The van der Waals surface area contributed by atoms with Crippen molar-refractivity contribution in [3.8, 4) is 0 Å². The SMILES string of the molecule is CCC1CN(CCN2CCN(C)CC2)CCC1=O. The molecule has 2 fully saturated rings. The van der Waals surface area contributed by atoms with Gasteiger partial charge in [-0.1, -0.05) is 6.92 Å². The molecule has 4 heteroatoms. The third kappa shape index (κ3) is 3.77. The van der Waals surface area contributed by atoms with Crippen LogP contribution in [0.25, 0.3) is 0 Å². The van der Waals surface area contributed by atoms with Gasteiger partial charge in [0.05, 0.1) is 0 Å². The molecule has 1 atom stereocenters. The summed E-state index contributed by atoms with van der Waals surface area (Å²) in [5.74, 6) is 0.777. The lowest BCUT2D eigenvalue weighted by Gasteiger charge is -2.36. The van der Waals surface area contributed by atoms with Crippen LogP contribution in [0.15, 0.2) is 0 Å². The van der Waals surface area contributed by atoms with E-state index < -0.39 is 0 Å². The number of piperidine rings is 1. The first-order chi connectivity index (χ1) is 8.69. The number of carbonyl (C=O) groups excluding carboxylic acids is 1. The molecule has 0 radical (unpaired) electrons. The lowest BCUT2D eigenvalue weighted by molar-refractivity contribution is -0.126. The van der Waals surface area contributed by atoms with Crippen LogP contribution >= 0.6 is 0 Å². The van der Waals surface area contributed by atoms with Crippen molar-refractivity contribution in [2.75, 3.05) is 59.4 Å². The molecule has 0 saturated carbocycles. The van der Waals surface area contributed by atoms with Crippen LogP contribution in [-0.4, -0.2) is 79.9 Å². The molecule has 2 saturated heterocycles. The molecular weight excluding hydrogens is 226 g/mol. The van der Waals surface area contributed by atoms with Crippen LogP contribution in [0, 0.1) is 5.92 Å². The maximum atomic E-state index is 11.7. The largest absolute Gasteiger partial charge is 0.304 e. The predicted octanol–water partition coefficient (Wildman–Crippen LogP) is 0.535. The van der Waals surface area contributed by atoms with Crippen molar-refractivity contribution in [2.24, 2.45) is 5.92 Å². The van der Waals surface area contributed by atoms with Crippen molar-refractivity contribution in [3.05, 3.63) is 0 Å². The van der Waals surface area contributed by atoms with Gasteiger partial charge < -0.3 is 9.80 Å². The second-order valence-corrected chi connectivity index (χ2v) is 5.77. The Morgan fingerprint density at radius 3 is 2.39 bits per heavy atom. The molecular formula is C14H27N3O. The topological polar surface area (TPSA) is 26.8 Å². The van der Waals surface area contributed by atoms with Crippen LogP contribution in [0.2, 0.25) is 0 Å². The quantitative estimate of drug-likeness (QED) is 0.730. The molecule has 1 unspecified atom stereocenters. The van der Waals surface area contributed by atoms with Crippen LogP contribution in [0.3, 0.4) is 0 Å². The maximum absolute atomic E-state index is 11.7. The molecule has 2 aliphatic heterocycles. The molecule has 2 heterocycles. The van der Waals surface area contributed by atoms with E-state index in [1.165, 1.54) is 32.7 Å². The molecule has 0 bridgehead atoms. The van der Waals surface area contributed by atoms with E-state index in [0.29, 0.717) is 11.7 Å². The fourth-order valence-corrected chi connectivity index (χ4v) is 2.89. The summed E-state index contributed by atoms with van der Waals surface area (Å²) < 4.78 is 0. The van der Waals surface area contributed by atoms with Gasteiger partial charge in [0.25, 0.3) is 0 Å². The molecule has 4 nitrogen and oxygen atoms in total. The number of likely N-dealkylation sites (N-methyl/N-ethyl adjacent to an activating group) is 1. The van der Waals surface area contributed by atoms with Crippen molar-refractivity contribution in [1.29, 1.82) is 0 Å². The van der Waals surface area contributed by atoms with Crippen LogP contribution in [0.5, 0.6) is 0 Å². The summed E-state index contributed by atoms with van der Waals surface area (Å²) in [7, 11) is 2.19. The van der Waals surface area contributed by atoms with Crippen molar-refractivity contribution in [3.63, 3.8) is 0 Å². The Balaban J connectivity index is 1.69. The number of nitrogens with zero attached hydrogens (tertiary/aromatic N) is 3. The number of piperazine rings is 1. The lowest BCUT2D eigenvalue weighted by atomic mass is 9.94. The Morgan fingerprint density at radius 1 is 1.06 bits per heavy atom. The fraction of sp³-hybridized carbons (Fsp3) is 0.929. The minimum Gasteiger partial charge on any atom is -0.304 e. The Hall–Kier alpha value is -0.450. The maximum Gasteiger partial charge on any atom is 0.138 e. The molecule has 2 aliphatic rings. The van der Waals surface area contributed by atoms with E-state index in [2.05, 4.69) is 28.7 Å². The number of carbonyl (C=O) groups is 1. The minimum absolute atomic E-state index is 0.297. The van der Waals surface area contributed by atoms with Gasteiger partial charge in [-0.25, -0.2) is 0 Å². The Bertz CT molecular complexity index is 274. The highest BCUT2D eigenvalue weighted by Crippen LogP contribution is 2.15. The number of hydrogen-bond acceptors (Lipinski definition) is 4. The van der Waals surface area contributed by atoms with Crippen LogP contribution < -0.4 is 0 Å². The summed E-state index contributed by atoms with van der Waals surface area (Å²) in [6.45, 7) is 11.2. The average molecular weight is 253 g/mol. The molecule has 18 heavy (non-hydrogen) atoms. The smallest absolute Gasteiger partial charge is 0.138 e. The Labute approximate surface area is 111 Å². The van der Waals surface area contributed by atoms with Crippen LogP contribution in [0.1, 0.15) is 19.8 Å². The first-order valence-electron chi connectivity index (χ1n) is 7.35. The van der Waals surface area contributed by atoms with Gasteiger partial charge in [-0.15, -0.1) is 0 Å². The van der Waals surface area contributed by atoms with Crippen LogP contribution in [0.4, 0.5) is 0 Å².